The SMILES string of the molecule is BrCCCBr.ClC(Cl)(Cl)Cl. The average molecular weight is 356 g/mol. The molecular formula is C4H6Br2Cl4. The van der Waals surface area contributed by atoms with Gasteiger partial charge in [0.1, 0.15) is 0 Å². The van der Waals surface area contributed by atoms with E-state index in [2.05, 4.69) is 31.9 Å². The van der Waals surface area contributed by atoms with E-state index in [9.17, 15) is 0 Å². The Morgan fingerprint density at radius 3 is 1.10 bits per heavy atom. The van der Waals surface area contributed by atoms with E-state index in [4.69, 9.17) is 46.4 Å². The first-order valence-electron chi connectivity index (χ1n) is 2.29. The maximum atomic E-state index is 4.83. The average Bonchev–Trinajstić information content (AvgIpc) is 1.63. The standard InChI is InChI=1S/C3H6Br2.CCl4/c4-2-1-3-5;2-1(3,4)5/h1-3H2;. The summed E-state index contributed by atoms with van der Waals surface area (Å²) in [5, 5.41) is 2.22. The molecule has 0 radical (unpaired) electrons. The first kappa shape index (κ1) is 14.6. The summed E-state index contributed by atoms with van der Waals surface area (Å²) in [7, 11) is 0. The Balaban J connectivity index is 0. The van der Waals surface area contributed by atoms with Crippen LogP contribution in [0.15, 0.2) is 0 Å². The fourth-order valence-electron chi connectivity index (χ4n) is 0.0505. The van der Waals surface area contributed by atoms with E-state index in [1.165, 1.54) is 6.42 Å². The van der Waals surface area contributed by atoms with Gasteiger partial charge in [0, 0.05) is 10.7 Å². The zero-order valence-electron chi connectivity index (χ0n) is 4.89. The third-order valence-corrected chi connectivity index (χ3v) is 1.39. The van der Waals surface area contributed by atoms with E-state index < -0.39 is 3.25 Å². The minimum absolute atomic E-state index is 1.11. The van der Waals surface area contributed by atoms with Crippen LogP contribution in [0, 0.1) is 0 Å². The molecule has 0 saturated carbocycles. The van der Waals surface area contributed by atoms with Crippen LogP contribution in [0.3, 0.4) is 0 Å². The molecule has 0 unspecified atom stereocenters. The summed E-state index contributed by atoms with van der Waals surface area (Å²) in [5.41, 5.74) is 0. The molecule has 0 N–H and O–H groups in total. The molecule has 0 atom stereocenters. The second-order valence-corrected chi connectivity index (χ2v) is 6.17. The topological polar surface area (TPSA) is 0 Å². The summed E-state index contributed by atoms with van der Waals surface area (Å²) in [6.45, 7) is 0. The molecule has 0 heterocycles. The lowest BCUT2D eigenvalue weighted by atomic mass is 10.6. The molecule has 10 heavy (non-hydrogen) atoms. The van der Waals surface area contributed by atoms with Crippen molar-refractivity contribution < 1.29 is 0 Å². The molecule has 0 aromatic rings. The Kier molecular flexibility index (Phi) is 13.5. The zero-order valence-corrected chi connectivity index (χ0v) is 11.1. The fourth-order valence-corrected chi connectivity index (χ4v) is 1.36. The van der Waals surface area contributed by atoms with Crippen molar-refractivity contribution in [3.63, 3.8) is 0 Å². The number of alkyl halides is 6. The molecule has 0 saturated heterocycles. The van der Waals surface area contributed by atoms with E-state index in [0.717, 1.165) is 10.7 Å². The van der Waals surface area contributed by atoms with Crippen molar-refractivity contribution in [1.29, 1.82) is 0 Å². The lowest BCUT2D eigenvalue weighted by Gasteiger charge is -1.91. The molecule has 0 aromatic carbocycles. The van der Waals surface area contributed by atoms with Crippen molar-refractivity contribution in [2.75, 3.05) is 10.7 Å². The maximum Gasteiger partial charge on any atom is 0.266 e. The van der Waals surface area contributed by atoms with Gasteiger partial charge in [0.25, 0.3) is 3.25 Å². The van der Waals surface area contributed by atoms with Crippen molar-refractivity contribution in [1.82, 2.24) is 0 Å². The second-order valence-electron chi connectivity index (χ2n) is 1.16. The van der Waals surface area contributed by atoms with Crippen LogP contribution in [0.2, 0.25) is 0 Å². The molecule has 0 spiro atoms. The fraction of sp³-hybridized carbons (Fsp3) is 1.00. The van der Waals surface area contributed by atoms with Crippen LogP contribution in [0.5, 0.6) is 0 Å². The predicted molar refractivity (Wildman–Crippen MR) is 58.3 cm³/mol. The van der Waals surface area contributed by atoms with Crippen molar-refractivity contribution in [2.24, 2.45) is 0 Å². The van der Waals surface area contributed by atoms with Gasteiger partial charge in [-0.1, -0.05) is 78.3 Å². The Morgan fingerprint density at radius 1 is 0.900 bits per heavy atom. The molecule has 0 aromatic heterocycles. The highest BCUT2D eigenvalue weighted by atomic mass is 79.9. The monoisotopic (exact) mass is 352 g/mol. The molecule has 0 bridgehead atoms. The summed E-state index contributed by atoms with van der Waals surface area (Å²) >= 11 is 25.9. The molecule has 0 fully saturated rings. The van der Waals surface area contributed by atoms with Crippen LogP contribution in [-0.4, -0.2) is 13.9 Å². The predicted octanol–water partition coefficient (Wildman–Crippen LogP) is 4.72. The highest BCUT2D eigenvalue weighted by molar-refractivity contribution is 9.09. The van der Waals surface area contributed by atoms with E-state index in [1.54, 1.807) is 0 Å². The number of hydrogen-bond donors (Lipinski definition) is 0. The van der Waals surface area contributed by atoms with Crippen molar-refractivity contribution in [3.8, 4) is 0 Å². The third kappa shape index (κ3) is 49.6. The molecule has 0 aliphatic rings. The van der Waals surface area contributed by atoms with Crippen LogP contribution < -0.4 is 0 Å². The Bertz CT molecular complexity index is 54.8. The van der Waals surface area contributed by atoms with Gasteiger partial charge in [-0.15, -0.1) is 0 Å². The van der Waals surface area contributed by atoms with Crippen molar-refractivity contribution in [3.05, 3.63) is 0 Å². The van der Waals surface area contributed by atoms with Gasteiger partial charge in [0.2, 0.25) is 0 Å². The largest absolute Gasteiger partial charge is 0.266 e. The van der Waals surface area contributed by atoms with E-state index in [0.29, 0.717) is 0 Å². The van der Waals surface area contributed by atoms with Gasteiger partial charge >= 0.3 is 0 Å². The van der Waals surface area contributed by atoms with Gasteiger partial charge in [0.05, 0.1) is 0 Å². The first-order valence-corrected chi connectivity index (χ1v) is 6.05. The molecule has 0 amide bonds. The quantitative estimate of drug-likeness (QED) is 0.629. The number of rotatable bonds is 2. The van der Waals surface area contributed by atoms with Crippen molar-refractivity contribution >= 4 is 78.3 Å². The zero-order chi connectivity index (χ0) is 8.62. The van der Waals surface area contributed by atoms with E-state index in [1.807, 2.05) is 0 Å². The minimum Gasteiger partial charge on any atom is -0.0928 e. The van der Waals surface area contributed by atoms with Gasteiger partial charge in [-0.25, -0.2) is 0 Å². The molecule has 6 heteroatoms. The smallest absolute Gasteiger partial charge is 0.0928 e. The van der Waals surface area contributed by atoms with Gasteiger partial charge in [-0.2, -0.15) is 0 Å². The highest BCUT2D eigenvalue weighted by Gasteiger charge is 2.11. The molecule has 64 valence electrons. The van der Waals surface area contributed by atoms with Crippen LogP contribution in [0.4, 0.5) is 0 Å². The Hall–Kier alpha value is 2.12. The van der Waals surface area contributed by atoms with Gasteiger partial charge < -0.3 is 0 Å². The van der Waals surface area contributed by atoms with Crippen LogP contribution >= 0.6 is 78.3 Å². The third-order valence-electron chi connectivity index (χ3n) is 0.267. The summed E-state index contributed by atoms with van der Waals surface area (Å²) in [4.78, 5) is 0. The van der Waals surface area contributed by atoms with E-state index >= 15 is 0 Å². The van der Waals surface area contributed by atoms with Gasteiger partial charge in [-0.3, -0.25) is 0 Å². The summed E-state index contributed by atoms with van der Waals surface area (Å²) in [6, 6.07) is 0. The van der Waals surface area contributed by atoms with Gasteiger partial charge in [0.15, 0.2) is 0 Å². The first-order chi connectivity index (χ1) is 4.41. The molecular weight excluding hydrogens is 350 g/mol. The molecule has 0 aliphatic heterocycles. The van der Waals surface area contributed by atoms with Gasteiger partial charge in [-0.05, 0) is 6.42 Å². The molecule has 0 aliphatic carbocycles. The van der Waals surface area contributed by atoms with Crippen LogP contribution in [-0.2, 0) is 0 Å². The second kappa shape index (κ2) is 9.21. The number of halogens is 6. The summed E-state index contributed by atoms with van der Waals surface area (Å²) < 4.78 is -1.61. The highest BCUT2D eigenvalue weighted by Crippen LogP contribution is 2.29. The van der Waals surface area contributed by atoms with Crippen LogP contribution in [0.1, 0.15) is 6.42 Å². The summed E-state index contributed by atoms with van der Waals surface area (Å²) in [5.74, 6) is 0. The Morgan fingerprint density at radius 2 is 1.10 bits per heavy atom. The molecule has 0 rings (SSSR count). The van der Waals surface area contributed by atoms with E-state index in [-0.39, 0.29) is 0 Å². The van der Waals surface area contributed by atoms with Crippen molar-refractivity contribution in [2.45, 2.75) is 9.67 Å². The normalized spacial score (nSPS) is 10.2. The Labute approximate surface area is 97.8 Å². The van der Waals surface area contributed by atoms with Crippen LogP contribution in [0.25, 0.3) is 0 Å². The summed E-state index contributed by atoms with van der Waals surface area (Å²) in [6.07, 6.45) is 1.22. The number of hydrogen-bond acceptors (Lipinski definition) is 0. The molecule has 0 nitrogen and oxygen atoms in total. The lowest BCUT2D eigenvalue weighted by molar-refractivity contribution is 1.15. The maximum absolute atomic E-state index is 4.83. The minimum atomic E-state index is -1.61. The lowest BCUT2D eigenvalue weighted by Crippen LogP contribution is -1.81.